The highest BCUT2D eigenvalue weighted by Crippen LogP contribution is 2.19. The summed E-state index contributed by atoms with van der Waals surface area (Å²) in [5, 5.41) is 12.9. The highest BCUT2D eigenvalue weighted by atomic mass is 79.9. The van der Waals surface area contributed by atoms with E-state index in [1.165, 1.54) is 0 Å². The Bertz CT molecular complexity index is 360. The summed E-state index contributed by atoms with van der Waals surface area (Å²) in [7, 11) is 1.62. The minimum atomic E-state index is -0.523. The lowest BCUT2D eigenvalue weighted by atomic mass is 10.2. The highest BCUT2D eigenvalue weighted by molar-refractivity contribution is 9.10. The van der Waals surface area contributed by atoms with Crippen LogP contribution in [0.2, 0.25) is 0 Å². The van der Waals surface area contributed by atoms with Crippen LogP contribution in [0.1, 0.15) is 5.56 Å². The van der Waals surface area contributed by atoms with Crippen molar-refractivity contribution >= 4 is 21.6 Å². The van der Waals surface area contributed by atoms with Crippen LogP contribution in [-0.2, 0) is 9.47 Å². The molecule has 0 aliphatic heterocycles. The molecule has 18 heavy (non-hydrogen) atoms. The first-order valence-electron chi connectivity index (χ1n) is 5.88. The van der Waals surface area contributed by atoms with Gasteiger partial charge in [0, 0.05) is 23.8 Å². The third-order valence-electron chi connectivity index (χ3n) is 2.46. The number of aryl methyl sites for hydroxylation is 1. The molecule has 2 N–H and O–H groups in total. The molecule has 0 aliphatic rings. The number of nitrogens with one attached hydrogen (secondary N) is 1. The first kappa shape index (κ1) is 15.4. The maximum absolute atomic E-state index is 9.72. The number of rotatable bonds is 8. The van der Waals surface area contributed by atoms with Gasteiger partial charge in [-0.05, 0) is 30.7 Å². The fraction of sp³-hybridized carbons (Fsp3) is 0.538. The normalized spacial score (nSPS) is 12.4. The van der Waals surface area contributed by atoms with Gasteiger partial charge in [-0.25, -0.2) is 0 Å². The molecule has 1 atom stereocenters. The molecule has 102 valence electrons. The van der Waals surface area contributed by atoms with E-state index in [1.54, 1.807) is 7.11 Å². The first-order valence-corrected chi connectivity index (χ1v) is 6.67. The molecule has 0 saturated heterocycles. The zero-order valence-corrected chi connectivity index (χ0v) is 12.4. The van der Waals surface area contributed by atoms with Crippen molar-refractivity contribution in [2.24, 2.45) is 0 Å². The van der Waals surface area contributed by atoms with Crippen molar-refractivity contribution in [3.8, 4) is 0 Å². The number of aliphatic hydroxyl groups is 1. The van der Waals surface area contributed by atoms with Crippen LogP contribution in [0.3, 0.4) is 0 Å². The monoisotopic (exact) mass is 317 g/mol. The fourth-order valence-corrected chi connectivity index (χ4v) is 1.95. The van der Waals surface area contributed by atoms with Gasteiger partial charge >= 0.3 is 0 Å². The van der Waals surface area contributed by atoms with Crippen LogP contribution in [0.25, 0.3) is 0 Å². The molecule has 1 aromatic carbocycles. The lowest BCUT2D eigenvalue weighted by Gasteiger charge is -2.14. The van der Waals surface area contributed by atoms with Crippen molar-refractivity contribution in [1.82, 2.24) is 0 Å². The van der Waals surface area contributed by atoms with Crippen LogP contribution >= 0.6 is 15.9 Å². The molecule has 0 bridgehead atoms. The van der Waals surface area contributed by atoms with E-state index in [4.69, 9.17) is 9.47 Å². The molecule has 1 rings (SSSR count). The SMILES string of the molecule is COCCOCC(O)CNc1ccc(Br)cc1C. The molecule has 0 saturated carbocycles. The lowest BCUT2D eigenvalue weighted by molar-refractivity contribution is 0.0182. The zero-order chi connectivity index (χ0) is 13.4. The Morgan fingerprint density at radius 3 is 2.83 bits per heavy atom. The van der Waals surface area contributed by atoms with Crippen LogP contribution in [0, 0.1) is 6.92 Å². The summed E-state index contributed by atoms with van der Waals surface area (Å²) in [4.78, 5) is 0. The number of hydrogen-bond acceptors (Lipinski definition) is 4. The largest absolute Gasteiger partial charge is 0.389 e. The number of anilines is 1. The van der Waals surface area contributed by atoms with Gasteiger partial charge in [0.2, 0.25) is 0 Å². The molecule has 1 unspecified atom stereocenters. The second kappa shape index (κ2) is 8.48. The number of methoxy groups -OCH3 is 1. The number of aliphatic hydroxyl groups excluding tert-OH is 1. The molecule has 0 spiro atoms. The summed E-state index contributed by atoms with van der Waals surface area (Å²) < 4.78 is 11.2. The molecule has 1 aromatic rings. The van der Waals surface area contributed by atoms with E-state index in [2.05, 4.69) is 21.2 Å². The van der Waals surface area contributed by atoms with Gasteiger partial charge in [-0.1, -0.05) is 15.9 Å². The lowest BCUT2D eigenvalue weighted by Crippen LogP contribution is -2.25. The summed E-state index contributed by atoms with van der Waals surface area (Å²) in [6.45, 7) is 3.85. The molecular weight excluding hydrogens is 298 g/mol. The smallest absolute Gasteiger partial charge is 0.0945 e. The second-order valence-corrected chi connectivity index (χ2v) is 4.98. The highest BCUT2D eigenvalue weighted by Gasteiger charge is 2.05. The van der Waals surface area contributed by atoms with Crippen LogP contribution < -0.4 is 5.32 Å². The molecule has 0 radical (unpaired) electrons. The van der Waals surface area contributed by atoms with Gasteiger partial charge in [0.1, 0.15) is 0 Å². The van der Waals surface area contributed by atoms with Crippen molar-refractivity contribution in [3.63, 3.8) is 0 Å². The molecule has 0 heterocycles. The van der Waals surface area contributed by atoms with Gasteiger partial charge in [0.15, 0.2) is 0 Å². The minimum absolute atomic E-state index is 0.311. The maximum Gasteiger partial charge on any atom is 0.0945 e. The Balaban J connectivity index is 2.27. The first-order chi connectivity index (χ1) is 8.63. The summed E-state index contributed by atoms with van der Waals surface area (Å²) >= 11 is 3.42. The van der Waals surface area contributed by atoms with E-state index in [-0.39, 0.29) is 0 Å². The minimum Gasteiger partial charge on any atom is -0.389 e. The average molecular weight is 318 g/mol. The summed E-state index contributed by atoms with van der Waals surface area (Å²) in [6.07, 6.45) is -0.523. The molecule has 0 aliphatic carbocycles. The molecular formula is C13H20BrNO3. The molecule has 5 heteroatoms. The molecule has 0 amide bonds. The number of hydrogen-bond donors (Lipinski definition) is 2. The van der Waals surface area contributed by atoms with Crippen molar-refractivity contribution in [1.29, 1.82) is 0 Å². The van der Waals surface area contributed by atoms with E-state index in [9.17, 15) is 5.11 Å². The third-order valence-corrected chi connectivity index (χ3v) is 2.95. The van der Waals surface area contributed by atoms with Gasteiger partial charge in [-0.15, -0.1) is 0 Å². The van der Waals surface area contributed by atoms with Gasteiger partial charge in [0.05, 0.1) is 25.9 Å². The number of halogens is 1. The van der Waals surface area contributed by atoms with E-state index >= 15 is 0 Å². The third kappa shape index (κ3) is 5.82. The van der Waals surface area contributed by atoms with E-state index in [0.29, 0.717) is 26.4 Å². The number of benzene rings is 1. The van der Waals surface area contributed by atoms with Crippen LogP contribution in [0.15, 0.2) is 22.7 Å². The van der Waals surface area contributed by atoms with E-state index < -0.39 is 6.10 Å². The summed E-state index contributed by atoms with van der Waals surface area (Å²) in [5.74, 6) is 0. The predicted octanol–water partition coefficient (Wildman–Crippen LogP) is 2.19. The van der Waals surface area contributed by atoms with Crippen molar-refractivity contribution in [3.05, 3.63) is 28.2 Å². The fourth-order valence-electron chi connectivity index (χ4n) is 1.47. The molecule has 4 nitrogen and oxygen atoms in total. The van der Waals surface area contributed by atoms with Crippen molar-refractivity contribution in [2.45, 2.75) is 13.0 Å². The average Bonchev–Trinajstić information content (AvgIpc) is 2.33. The Kier molecular flexibility index (Phi) is 7.27. The molecule has 0 aromatic heterocycles. The van der Waals surface area contributed by atoms with Gasteiger partial charge in [0.25, 0.3) is 0 Å². The van der Waals surface area contributed by atoms with Crippen molar-refractivity contribution in [2.75, 3.05) is 38.8 Å². The Hall–Kier alpha value is -0.620. The maximum atomic E-state index is 9.72. The van der Waals surface area contributed by atoms with Gasteiger partial charge < -0.3 is 19.9 Å². The summed E-state index contributed by atoms with van der Waals surface area (Å²) in [5.41, 5.74) is 2.16. The van der Waals surface area contributed by atoms with Crippen LogP contribution in [-0.4, -0.2) is 44.7 Å². The van der Waals surface area contributed by atoms with Gasteiger partial charge in [-0.2, -0.15) is 0 Å². The second-order valence-electron chi connectivity index (χ2n) is 4.06. The standard InChI is InChI=1S/C13H20BrNO3/c1-10-7-11(14)3-4-13(10)15-8-12(16)9-18-6-5-17-2/h3-4,7,12,15-16H,5-6,8-9H2,1-2H3. The molecule has 0 fully saturated rings. The Morgan fingerprint density at radius 2 is 2.17 bits per heavy atom. The topological polar surface area (TPSA) is 50.7 Å². The van der Waals surface area contributed by atoms with Crippen LogP contribution in [0.5, 0.6) is 0 Å². The summed E-state index contributed by atoms with van der Waals surface area (Å²) in [6, 6.07) is 5.98. The Morgan fingerprint density at radius 1 is 1.39 bits per heavy atom. The Labute approximate surface area is 116 Å². The predicted molar refractivity (Wildman–Crippen MR) is 76.1 cm³/mol. The zero-order valence-electron chi connectivity index (χ0n) is 10.8. The van der Waals surface area contributed by atoms with Gasteiger partial charge in [-0.3, -0.25) is 0 Å². The van der Waals surface area contributed by atoms with Crippen molar-refractivity contribution < 1.29 is 14.6 Å². The van der Waals surface area contributed by atoms with E-state index in [1.807, 2.05) is 25.1 Å². The van der Waals surface area contributed by atoms with E-state index in [0.717, 1.165) is 15.7 Å². The number of ether oxygens (including phenoxy) is 2. The van der Waals surface area contributed by atoms with Crippen LogP contribution in [0.4, 0.5) is 5.69 Å². The quantitative estimate of drug-likeness (QED) is 0.722.